The Morgan fingerprint density at radius 2 is 1.26 bits per heavy atom. The van der Waals surface area contributed by atoms with Crippen LogP contribution in [-0.2, 0) is 7.05 Å². The summed E-state index contributed by atoms with van der Waals surface area (Å²) < 4.78 is 1.98. The van der Waals surface area contributed by atoms with Crippen molar-refractivity contribution in [3.8, 4) is 61.8 Å². The first-order valence-electron chi connectivity index (χ1n) is 13.9. The Kier molecular flexibility index (Phi) is 6.32. The van der Waals surface area contributed by atoms with Crippen LogP contribution in [0.25, 0.3) is 67.1 Å². The lowest BCUT2D eigenvalue weighted by Crippen LogP contribution is -1.93. The molecule has 5 nitrogen and oxygen atoms in total. The van der Waals surface area contributed by atoms with Crippen molar-refractivity contribution >= 4 is 11.0 Å². The average molecular weight is 545 g/mol. The van der Waals surface area contributed by atoms with E-state index in [0.717, 1.165) is 61.2 Å². The van der Waals surface area contributed by atoms with Crippen LogP contribution in [0.3, 0.4) is 0 Å². The standard InChI is InChI=1S/C37H28N4O/c1-24-21-39-33(20-31(24)26-13-7-4-8-14-26)29-18-27(25-11-5-3-6-12-25)17-28(19-29)32-22-38-23-34-36(32)40-37(41(34)2)30-15-9-10-16-35(30)42/h3-23,42H,1-2H3. The second kappa shape index (κ2) is 10.5. The van der Waals surface area contributed by atoms with Crippen molar-refractivity contribution in [1.29, 1.82) is 0 Å². The number of fused-ring (bicyclic) bond motifs is 1. The number of aromatic hydroxyl groups is 1. The van der Waals surface area contributed by atoms with Crippen LogP contribution in [0.1, 0.15) is 5.56 Å². The number of imidazole rings is 1. The number of nitrogens with zero attached hydrogens (tertiary/aromatic N) is 4. The zero-order valence-corrected chi connectivity index (χ0v) is 23.4. The van der Waals surface area contributed by atoms with Crippen LogP contribution < -0.4 is 0 Å². The topological polar surface area (TPSA) is 63.8 Å². The van der Waals surface area contributed by atoms with Crippen LogP contribution in [0.15, 0.2) is 128 Å². The Bertz CT molecular complexity index is 2060. The van der Waals surface area contributed by atoms with Crippen LogP contribution in [0.2, 0.25) is 0 Å². The molecular weight excluding hydrogens is 516 g/mol. The van der Waals surface area contributed by atoms with E-state index in [0.29, 0.717) is 11.4 Å². The van der Waals surface area contributed by atoms with Crippen molar-refractivity contribution in [2.75, 3.05) is 0 Å². The van der Waals surface area contributed by atoms with E-state index in [1.807, 2.05) is 60.5 Å². The van der Waals surface area contributed by atoms with Gasteiger partial charge in [-0.3, -0.25) is 9.97 Å². The molecule has 202 valence electrons. The second-order valence-corrected chi connectivity index (χ2v) is 10.5. The highest BCUT2D eigenvalue weighted by Gasteiger charge is 2.18. The van der Waals surface area contributed by atoms with Gasteiger partial charge >= 0.3 is 0 Å². The molecule has 1 N–H and O–H groups in total. The van der Waals surface area contributed by atoms with E-state index >= 15 is 0 Å². The van der Waals surface area contributed by atoms with E-state index in [-0.39, 0.29) is 5.75 Å². The fraction of sp³-hybridized carbons (Fsp3) is 0.0541. The van der Waals surface area contributed by atoms with Gasteiger partial charge < -0.3 is 9.67 Å². The first kappa shape index (κ1) is 25.4. The van der Waals surface area contributed by atoms with Gasteiger partial charge in [-0.2, -0.15) is 0 Å². The van der Waals surface area contributed by atoms with Crippen molar-refractivity contribution < 1.29 is 5.11 Å². The first-order valence-corrected chi connectivity index (χ1v) is 13.9. The fourth-order valence-electron chi connectivity index (χ4n) is 5.55. The number of benzene rings is 4. The lowest BCUT2D eigenvalue weighted by atomic mass is 9.93. The summed E-state index contributed by atoms with van der Waals surface area (Å²) in [5.74, 6) is 0.878. The van der Waals surface area contributed by atoms with Gasteiger partial charge in [0, 0.05) is 30.6 Å². The lowest BCUT2D eigenvalue weighted by molar-refractivity contribution is 0.476. The van der Waals surface area contributed by atoms with Crippen molar-refractivity contribution in [1.82, 2.24) is 19.5 Å². The smallest absolute Gasteiger partial charge is 0.144 e. The molecule has 0 fully saturated rings. The van der Waals surface area contributed by atoms with Gasteiger partial charge in [0.15, 0.2) is 0 Å². The van der Waals surface area contributed by atoms with Gasteiger partial charge in [-0.1, -0.05) is 72.8 Å². The maximum Gasteiger partial charge on any atom is 0.144 e. The van der Waals surface area contributed by atoms with Crippen molar-refractivity contribution in [3.63, 3.8) is 0 Å². The van der Waals surface area contributed by atoms with Crippen molar-refractivity contribution in [2.24, 2.45) is 7.05 Å². The normalized spacial score (nSPS) is 11.2. The number of pyridine rings is 2. The molecule has 0 saturated carbocycles. The number of phenolic OH excluding ortho intramolecular Hbond substituents is 1. The molecule has 0 radical (unpaired) electrons. The fourth-order valence-corrected chi connectivity index (χ4v) is 5.55. The molecule has 42 heavy (non-hydrogen) atoms. The van der Waals surface area contributed by atoms with E-state index in [4.69, 9.17) is 9.97 Å². The van der Waals surface area contributed by atoms with Gasteiger partial charge in [0.1, 0.15) is 17.1 Å². The highest BCUT2D eigenvalue weighted by atomic mass is 16.3. The molecule has 0 bridgehead atoms. The third kappa shape index (κ3) is 4.51. The summed E-state index contributed by atoms with van der Waals surface area (Å²) in [5.41, 5.74) is 11.9. The molecule has 3 aromatic heterocycles. The molecule has 7 rings (SSSR count). The van der Waals surface area contributed by atoms with Crippen LogP contribution in [0.4, 0.5) is 0 Å². The van der Waals surface area contributed by atoms with E-state index in [9.17, 15) is 5.11 Å². The molecular formula is C37H28N4O. The van der Waals surface area contributed by atoms with Crippen LogP contribution in [0.5, 0.6) is 5.75 Å². The second-order valence-electron chi connectivity index (χ2n) is 10.5. The third-order valence-electron chi connectivity index (χ3n) is 7.77. The lowest BCUT2D eigenvalue weighted by Gasteiger charge is -2.13. The predicted molar refractivity (Wildman–Crippen MR) is 170 cm³/mol. The Morgan fingerprint density at radius 1 is 0.595 bits per heavy atom. The van der Waals surface area contributed by atoms with E-state index < -0.39 is 0 Å². The van der Waals surface area contributed by atoms with Crippen LogP contribution >= 0.6 is 0 Å². The number of aryl methyl sites for hydroxylation is 2. The zero-order valence-electron chi connectivity index (χ0n) is 23.4. The molecule has 0 saturated heterocycles. The summed E-state index contributed by atoms with van der Waals surface area (Å²) in [6.45, 7) is 2.10. The highest BCUT2D eigenvalue weighted by molar-refractivity contribution is 5.95. The van der Waals surface area contributed by atoms with E-state index in [2.05, 4.69) is 84.7 Å². The summed E-state index contributed by atoms with van der Waals surface area (Å²) in [6.07, 6.45) is 5.65. The average Bonchev–Trinajstić information content (AvgIpc) is 3.38. The van der Waals surface area contributed by atoms with Gasteiger partial charge in [0.2, 0.25) is 0 Å². The monoisotopic (exact) mass is 544 g/mol. The molecule has 0 spiro atoms. The predicted octanol–water partition coefficient (Wildman–Crippen LogP) is 8.71. The van der Waals surface area contributed by atoms with Crippen molar-refractivity contribution in [3.05, 3.63) is 133 Å². The SMILES string of the molecule is Cc1cnc(-c2cc(-c3ccccc3)cc(-c3cncc4c3nc(-c3ccccc3O)n4C)c2)cc1-c1ccccc1. The first-order chi connectivity index (χ1) is 20.6. The van der Waals surface area contributed by atoms with Gasteiger partial charge in [-0.05, 0) is 76.7 Å². The van der Waals surface area contributed by atoms with Gasteiger partial charge in [-0.15, -0.1) is 0 Å². The Labute approximate surface area is 244 Å². The maximum atomic E-state index is 10.6. The Morgan fingerprint density at radius 3 is 2.02 bits per heavy atom. The van der Waals surface area contributed by atoms with Gasteiger partial charge in [0.25, 0.3) is 0 Å². The summed E-state index contributed by atoms with van der Waals surface area (Å²) in [4.78, 5) is 14.5. The number of para-hydroxylation sites is 1. The summed E-state index contributed by atoms with van der Waals surface area (Å²) in [5, 5.41) is 10.6. The summed E-state index contributed by atoms with van der Waals surface area (Å²) >= 11 is 0. The minimum Gasteiger partial charge on any atom is -0.507 e. The molecule has 0 aliphatic carbocycles. The molecule has 3 heterocycles. The van der Waals surface area contributed by atoms with Crippen LogP contribution in [-0.4, -0.2) is 24.6 Å². The minimum atomic E-state index is 0.193. The summed E-state index contributed by atoms with van der Waals surface area (Å²) in [6, 6.07) is 36.8. The number of rotatable bonds is 5. The number of hydrogen-bond donors (Lipinski definition) is 1. The van der Waals surface area contributed by atoms with E-state index in [1.165, 1.54) is 0 Å². The largest absolute Gasteiger partial charge is 0.507 e. The van der Waals surface area contributed by atoms with E-state index in [1.54, 1.807) is 6.07 Å². The van der Waals surface area contributed by atoms with Crippen LogP contribution in [0, 0.1) is 6.92 Å². The van der Waals surface area contributed by atoms with Crippen molar-refractivity contribution in [2.45, 2.75) is 6.92 Å². The Hall–Kier alpha value is -5.55. The Balaban J connectivity index is 1.44. The molecule has 5 heteroatoms. The molecule has 0 unspecified atom stereocenters. The molecule has 0 atom stereocenters. The molecule has 0 aliphatic heterocycles. The molecule has 0 amide bonds. The quantitative estimate of drug-likeness (QED) is 0.235. The third-order valence-corrected chi connectivity index (χ3v) is 7.77. The van der Waals surface area contributed by atoms with Gasteiger partial charge in [0.05, 0.1) is 23.0 Å². The number of hydrogen-bond acceptors (Lipinski definition) is 4. The highest BCUT2D eigenvalue weighted by Crippen LogP contribution is 2.38. The summed E-state index contributed by atoms with van der Waals surface area (Å²) in [7, 11) is 1.95. The minimum absolute atomic E-state index is 0.193. The maximum absolute atomic E-state index is 10.6. The molecule has 4 aromatic carbocycles. The number of aromatic nitrogens is 4. The number of phenols is 1. The zero-order chi connectivity index (χ0) is 28.6. The molecule has 0 aliphatic rings. The van der Waals surface area contributed by atoms with Gasteiger partial charge in [-0.25, -0.2) is 4.98 Å². The molecule has 7 aromatic rings.